The summed E-state index contributed by atoms with van der Waals surface area (Å²) in [6.45, 7) is 0. The largest absolute Gasteiger partial charge is 0.324 e. The predicted octanol–water partition coefficient (Wildman–Crippen LogP) is 3.52. The van der Waals surface area contributed by atoms with Crippen molar-refractivity contribution >= 4 is 29.1 Å². The fourth-order valence-corrected chi connectivity index (χ4v) is 3.10. The minimum absolute atomic E-state index is 0.0603. The summed E-state index contributed by atoms with van der Waals surface area (Å²) < 4.78 is 15.9. The van der Waals surface area contributed by atoms with Gasteiger partial charge >= 0.3 is 0 Å². The first-order valence-corrected chi connectivity index (χ1v) is 8.73. The van der Waals surface area contributed by atoms with Crippen LogP contribution in [0.1, 0.15) is 23.2 Å². The molecular weight excluding hydrogens is 361 g/mol. The number of aromatic nitrogens is 1. The van der Waals surface area contributed by atoms with Gasteiger partial charge in [0.1, 0.15) is 5.82 Å². The fraction of sp³-hybridized carbons (Fsp3) is 0.0952. The Morgan fingerprint density at radius 1 is 0.893 bits per heavy atom. The van der Waals surface area contributed by atoms with Crippen molar-refractivity contribution in [3.05, 3.63) is 78.4 Å². The quantitative estimate of drug-likeness (QED) is 0.707. The van der Waals surface area contributed by atoms with E-state index in [-0.39, 0.29) is 35.9 Å². The van der Waals surface area contributed by atoms with Gasteiger partial charge in [-0.3, -0.25) is 19.3 Å². The first kappa shape index (κ1) is 17.7. The maximum Gasteiger partial charge on any atom is 0.255 e. The second-order valence-corrected chi connectivity index (χ2v) is 6.38. The SMILES string of the molecule is O=C(Nc1cc(-n2cccc2)ccc1F)c1ccc(N2C(=O)CCC2=O)cc1. The van der Waals surface area contributed by atoms with Crippen molar-refractivity contribution in [2.75, 3.05) is 10.2 Å². The highest BCUT2D eigenvalue weighted by molar-refractivity contribution is 6.20. The molecule has 2 heterocycles. The summed E-state index contributed by atoms with van der Waals surface area (Å²) in [5.74, 6) is -1.56. The summed E-state index contributed by atoms with van der Waals surface area (Å²) >= 11 is 0. The van der Waals surface area contributed by atoms with Gasteiger partial charge in [-0.1, -0.05) is 0 Å². The van der Waals surface area contributed by atoms with Crippen molar-refractivity contribution in [3.63, 3.8) is 0 Å². The van der Waals surface area contributed by atoms with Gasteiger partial charge in [-0.15, -0.1) is 0 Å². The van der Waals surface area contributed by atoms with Crippen molar-refractivity contribution in [2.45, 2.75) is 12.8 Å². The lowest BCUT2D eigenvalue weighted by Gasteiger charge is -2.14. The summed E-state index contributed by atoms with van der Waals surface area (Å²) in [7, 11) is 0. The van der Waals surface area contributed by atoms with E-state index in [9.17, 15) is 18.8 Å². The number of nitrogens with one attached hydrogen (secondary N) is 1. The lowest BCUT2D eigenvalue weighted by atomic mass is 10.1. The molecule has 1 N–H and O–H groups in total. The molecule has 140 valence electrons. The highest BCUT2D eigenvalue weighted by atomic mass is 19.1. The molecule has 1 fully saturated rings. The zero-order chi connectivity index (χ0) is 19.7. The minimum atomic E-state index is -0.547. The third-order valence-corrected chi connectivity index (χ3v) is 4.54. The van der Waals surface area contributed by atoms with Crippen molar-refractivity contribution in [2.24, 2.45) is 0 Å². The number of amides is 3. The van der Waals surface area contributed by atoms with E-state index in [2.05, 4.69) is 5.32 Å². The molecule has 3 aromatic rings. The van der Waals surface area contributed by atoms with Crippen LogP contribution in [0.5, 0.6) is 0 Å². The molecule has 1 aliphatic rings. The number of hydrogen-bond acceptors (Lipinski definition) is 3. The molecule has 2 aromatic carbocycles. The van der Waals surface area contributed by atoms with Crippen LogP contribution in [0.25, 0.3) is 5.69 Å². The van der Waals surface area contributed by atoms with Crippen molar-refractivity contribution in [3.8, 4) is 5.69 Å². The summed E-state index contributed by atoms with van der Waals surface area (Å²) in [4.78, 5) is 37.2. The summed E-state index contributed by atoms with van der Waals surface area (Å²) in [6.07, 6.45) is 4.02. The average molecular weight is 377 g/mol. The highest BCUT2D eigenvalue weighted by Crippen LogP contribution is 2.24. The van der Waals surface area contributed by atoms with Crippen LogP contribution in [0.2, 0.25) is 0 Å². The fourth-order valence-electron chi connectivity index (χ4n) is 3.10. The van der Waals surface area contributed by atoms with Gasteiger partial charge in [0.15, 0.2) is 0 Å². The van der Waals surface area contributed by atoms with Gasteiger partial charge in [-0.05, 0) is 54.6 Å². The van der Waals surface area contributed by atoms with Gasteiger partial charge < -0.3 is 9.88 Å². The zero-order valence-corrected chi connectivity index (χ0v) is 14.8. The van der Waals surface area contributed by atoms with Crippen LogP contribution in [0, 0.1) is 5.82 Å². The second-order valence-electron chi connectivity index (χ2n) is 6.38. The molecule has 0 radical (unpaired) electrons. The number of hydrogen-bond donors (Lipinski definition) is 1. The van der Waals surface area contributed by atoms with Crippen LogP contribution in [-0.2, 0) is 9.59 Å². The Morgan fingerprint density at radius 3 is 2.14 bits per heavy atom. The first-order valence-electron chi connectivity index (χ1n) is 8.73. The standard InChI is InChI=1S/C21H16FN3O3/c22-17-8-7-16(24-11-1-2-12-24)13-18(17)23-21(28)14-3-5-15(6-4-14)25-19(26)9-10-20(25)27/h1-8,11-13H,9-10H2,(H,23,28). The normalized spacial score (nSPS) is 13.8. The van der Waals surface area contributed by atoms with E-state index in [0.717, 1.165) is 4.90 Å². The maximum absolute atomic E-state index is 14.1. The number of rotatable bonds is 4. The number of halogens is 1. The number of anilines is 2. The van der Waals surface area contributed by atoms with E-state index in [1.54, 1.807) is 16.7 Å². The van der Waals surface area contributed by atoms with Crippen LogP contribution >= 0.6 is 0 Å². The second kappa shape index (κ2) is 7.11. The Hall–Kier alpha value is -3.74. The number of carbonyl (C=O) groups is 3. The first-order chi connectivity index (χ1) is 13.5. The van der Waals surface area contributed by atoms with Gasteiger partial charge in [0.05, 0.1) is 11.4 Å². The Labute approximate surface area is 160 Å². The molecule has 0 bridgehead atoms. The minimum Gasteiger partial charge on any atom is -0.324 e. The van der Waals surface area contributed by atoms with Gasteiger partial charge in [-0.25, -0.2) is 4.39 Å². The van der Waals surface area contributed by atoms with Crippen molar-refractivity contribution in [1.82, 2.24) is 4.57 Å². The Balaban J connectivity index is 1.53. The number of benzene rings is 2. The van der Waals surface area contributed by atoms with Crippen LogP contribution in [0.4, 0.5) is 15.8 Å². The lowest BCUT2D eigenvalue weighted by molar-refractivity contribution is -0.121. The molecule has 3 amide bonds. The van der Waals surface area contributed by atoms with Crippen LogP contribution < -0.4 is 10.2 Å². The highest BCUT2D eigenvalue weighted by Gasteiger charge is 2.30. The van der Waals surface area contributed by atoms with E-state index >= 15 is 0 Å². The zero-order valence-electron chi connectivity index (χ0n) is 14.8. The number of imide groups is 1. The molecule has 0 saturated carbocycles. The molecular formula is C21H16FN3O3. The van der Waals surface area contributed by atoms with E-state index in [4.69, 9.17) is 0 Å². The molecule has 4 rings (SSSR count). The van der Waals surface area contributed by atoms with Crippen LogP contribution in [0.15, 0.2) is 67.0 Å². The number of nitrogens with zero attached hydrogens (tertiary/aromatic N) is 2. The van der Waals surface area contributed by atoms with E-state index < -0.39 is 11.7 Å². The van der Waals surface area contributed by atoms with Crippen molar-refractivity contribution < 1.29 is 18.8 Å². The molecule has 0 unspecified atom stereocenters. The molecule has 0 aliphatic carbocycles. The molecule has 1 aliphatic heterocycles. The molecule has 0 atom stereocenters. The van der Waals surface area contributed by atoms with Crippen LogP contribution in [-0.4, -0.2) is 22.3 Å². The molecule has 28 heavy (non-hydrogen) atoms. The molecule has 1 aromatic heterocycles. The Bertz CT molecular complexity index is 1040. The van der Waals surface area contributed by atoms with E-state index in [1.807, 2.05) is 24.5 Å². The van der Waals surface area contributed by atoms with Crippen molar-refractivity contribution in [1.29, 1.82) is 0 Å². The molecule has 7 heteroatoms. The Morgan fingerprint density at radius 2 is 1.50 bits per heavy atom. The third-order valence-electron chi connectivity index (χ3n) is 4.54. The van der Waals surface area contributed by atoms with Gasteiger partial charge in [0.2, 0.25) is 11.8 Å². The van der Waals surface area contributed by atoms with Gasteiger partial charge in [-0.2, -0.15) is 0 Å². The summed E-state index contributed by atoms with van der Waals surface area (Å²) in [6, 6.07) is 14.2. The maximum atomic E-state index is 14.1. The van der Waals surface area contributed by atoms with E-state index in [0.29, 0.717) is 11.4 Å². The smallest absolute Gasteiger partial charge is 0.255 e. The monoisotopic (exact) mass is 377 g/mol. The molecule has 0 spiro atoms. The van der Waals surface area contributed by atoms with Gasteiger partial charge in [0, 0.05) is 36.5 Å². The Kier molecular flexibility index (Phi) is 4.49. The van der Waals surface area contributed by atoms with Gasteiger partial charge in [0.25, 0.3) is 5.91 Å². The number of carbonyl (C=O) groups excluding carboxylic acids is 3. The summed E-state index contributed by atoms with van der Waals surface area (Å²) in [5, 5.41) is 2.56. The van der Waals surface area contributed by atoms with E-state index in [1.165, 1.54) is 30.3 Å². The molecule has 1 saturated heterocycles. The lowest BCUT2D eigenvalue weighted by Crippen LogP contribution is -2.28. The topological polar surface area (TPSA) is 71.4 Å². The summed E-state index contributed by atoms with van der Waals surface area (Å²) in [5.41, 5.74) is 1.48. The van der Waals surface area contributed by atoms with Crippen LogP contribution in [0.3, 0.4) is 0 Å². The average Bonchev–Trinajstić information content (AvgIpc) is 3.34. The predicted molar refractivity (Wildman–Crippen MR) is 102 cm³/mol. The molecule has 6 nitrogen and oxygen atoms in total. The third kappa shape index (κ3) is 3.29.